The van der Waals surface area contributed by atoms with Gasteiger partial charge in [-0.25, -0.2) is 0 Å². The van der Waals surface area contributed by atoms with Crippen LogP contribution >= 0.6 is 6.60 Å². The summed E-state index contributed by atoms with van der Waals surface area (Å²) < 4.78 is 0. The van der Waals surface area contributed by atoms with Gasteiger partial charge in [-0.1, -0.05) is 39.0 Å². The van der Waals surface area contributed by atoms with Gasteiger partial charge in [0.25, 0.3) is 0 Å². The Bertz CT molecular complexity index is 392. The molecule has 0 saturated carbocycles. The van der Waals surface area contributed by atoms with Crippen LogP contribution in [0.4, 0.5) is 0 Å². The average molecular weight is 440 g/mol. The predicted molar refractivity (Wildman–Crippen MR) is 142 cm³/mol. The first-order chi connectivity index (χ1) is 14.6. The Morgan fingerprint density at radius 2 is 0.700 bits per heavy atom. The van der Waals surface area contributed by atoms with Crippen molar-refractivity contribution < 1.29 is 0 Å². The second kappa shape index (κ2) is 19.6. The summed E-state index contributed by atoms with van der Waals surface area (Å²) in [6, 6.07) is 0. The third-order valence-electron chi connectivity index (χ3n) is 7.31. The van der Waals surface area contributed by atoms with Gasteiger partial charge in [0, 0.05) is 0 Å². The van der Waals surface area contributed by atoms with Crippen molar-refractivity contribution in [3.63, 3.8) is 0 Å². The molecule has 0 aromatic heterocycles. The van der Waals surface area contributed by atoms with Crippen molar-refractivity contribution in [1.29, 1.82) is 5.26 Å². The van der Waals surface area contributed by atoms with E-state index in [1.54, 1.807) is 0 Å². The minimum atomic E-state index is -2.10. The van der Waals surface area contributed by atoms with Crippen molar-refractivity contribution in [3.05, 3.63) is 0 Å². The van der Waals surface area contributed by atoms with Crippen LogP contribution in [0.25, 0.3) is 0 Å². The van der Waals surface area contributed by atoms with Crippen LogP contribution in [0.2, 0.25) is 0 Å². The molecule has 1 nitrogen and oxygen atoms in total. The second-order valence-electron chi connectivity index (χ2n) is 10.3. The molecule has 0 unspecified atom stereocenters. The number of unbranched alkanes of at least 4 members (excludes halogenated alkanes) is 15. The molecule has 0 aliphatic carbocycles. The molecular formula is C28H58NP. The molecule has 0 aliphatic heterocycles. The Morgan fingerprint density at radius 3 is 0.967 bits per heavy atom. The average Bonchev–Trinajstić information content (AvgIpc) is 2.74. The van der Waals surface area contributed by atoms with Crippen molar-refractivity contribution >= 4 is 6.60 Å². The number of nitrogens with zero attached hydrogens (tertiary/aromatic N) is 1. The Labute approximate surface area is 192 Å². The van der Waals surface area contributed by atoms with Gasteiger partial charge in [0.2, 0.25) is 0 Å². The normalized spacial score (nSPS) is 13.1. The first-order valence-electron chi connectivity index (χ1n) is 14.0. The van der Waals surface area contributed by atoms with E-state index in [-0.39, 0.29) is 0 Å². The van der Waals surface area contributed by atoms with E-state index in [4.69, 9.17) is 0 Å². The summed E-state index contributed by atoms with van der Waals surface area (Å²) >= 11 is 0. The number of hydrogen-bond donors (Lipinski definition) is 0. The fourth-order valence-electron chi connectivity index (χ4n) is 5.70. The van der Waals surface area contributed by atoms with Crippen molar-refractivity contribution in [2.24, 2.45) is 0 Å². The van der Waals surface area contributed by atoms with E-state index >= 15 is 0 Å². The predicted octanol–water partition coefficient (Wildman–Crippen LogP) is 10.5. The molecule has 0 amide bonds. The van der Waals surface area contributed by atoms with E-state index in [1.165, 1.54) is 147 Å². The number of rotatable bonds is 23. The Morgan fingerprint density at radius 1 is 0.400 bits per heavy atom. The molecule has 0 aliphatic rings. The topological polar surface area (TPSA) is 23.8 Å². The molecule has 0 radical (unpaired) electrons. The van der Waals surface area contributed by atoms with Gasteiger partial charge >= 0.3 is 153 Å². The zero-order valence-corrected chi connectivity index (χ0v) is 22.6. The molecule has 0 fully saturated rings. The molecule has 0 saturated heterocycles. The van der Waals surface area contributed by atoms with Crippen LogP contribution in [0.3, 0.4) is 0 Å². The van der Waals surface area contributed by atoms with Crippen molar-refractivity contribution in [1.82, 2.24) is 0 Å². The van der Waals surface area contributed by atoms with Gasteiger partial charge in [0.05, 0.1) is 0 Å². The SMILES string of the molecule is CCCCCCCCCCCCCCCCCCP(C#N)(CCC)(CCC)CCC. The zero-order valence-electron chi connectivity index (χ0n) is 21.7. The van der Waals surface area contributed by atoms with Crippen molar-refractivity contribution in [3.8, 4) is 5.81 Å². The van der Waals surface area contributed by atoms with Crippen LogP contribution in [0, 0.1) is 11.1 Å². The molecule has 180 valence electrons. The van der Waals surface area contributed by atoms with E-state index in [0.29, 0.717) is 0 Å². The summed E-state index contributed by atoms with van der Waals surface area (Å²) in [4.78, 5) is 0. The van der Waals surface area contributed by atoms with Crippen LogP contribution < -0.4 is 0 Å². The van der Waals surface area contributed by atoms with Gasteiger partial charge in [-0.05, 0) is 0 Å². The zero-order chi connectivity index (χ0) is 22.4. The molecule has 0 aromatic carbocycles. The molecular weight excluding hydrogens is 381 g/mol. The molecule has 0 spiro atoms. The van der Waals surface area contributed by atoms with Crippen LogP contribution in [-0.2, 0) is 0 Å². The monoisotopic (exact) mass is 439 g/mol. The van der Waals surface area contributed by atoms with Gasteiger partial charge in [-0.2, -0.15) is 0 Å². The fraction of sp³-hybridized carbons (Fsp3) is 0.964. The van der Waals surface area contributed by atoms with E-state index in [9.17, 15) is 5.26 Å². The first kappa shape index (κ1) is 29.9. The van der Waals surface area contributed by atoms with Crippen molar-refractivity contribution in [2.75, 3.05) is 24.6 Å². The van der Waals surface area contributed by atoms with Gasteiger partial charge < -0.3 is 0 Å². The van der Waals surface area contributed by atoms with Gasteiger partial charge in [0.1, 0.15) is 0 Å². The van der Waals surface area contributed by atoms with Crippen LogP contribution in [0.5, 0.6) is 0 Å². The molecule has 2 heteroatoms. The van der Waals surface area contributed by atoms with Crippen LogP contribution in [0.1, 0.15) is 150 Å². The number of nitriles is 1. The Balaban J connectivity index is 3.77. The van der Waals surface area contributed by atoms with Crippen LogP contribution in [-0.4, -0.2) is 24.6 Å². The van der Waals surface area contributed by atoms with E-state index in [1.807, 2.05) is 0 Å². The summed E-state index contributed by atoms with van der Waals surface area (Å²) in [7, 11) is 0. The summed E-state index contributed by atoms with van der Waals surface area (Å²) in [5, 5.41) is 10.3. The maximum atomic E-state index is 10.3. The summed E-state index contributed by atoms with van der Waals surface area (Å²) in [5.41, 5.74) is 0. The third kappa shape index (κ3) is 13.4. The molecule has 0 aromatic rings. The first-order valence-corrected chi connectivity index (χ1v) is 17.0. The minimum absolute atomic E-state index is 1.20. The van der Waals surface area contributed by atoms with Crippen LogP contribution in [0.15, 0.2) is 0 Å². The van der Waals surface area contributed by atoms with Crippen molar-refractivity contribution in [2.45, 2.75) is 150 Å². The van der Waals surface area contributed by atoms with E-state index in [2.05, 4.69) is 33.5 Å². The molecule has 0 rings (SSSR count). The summed E-state index contributed by atoms with van der Waals surface area (Å²) in [6.07, 6.45) is 31.3. The third-order valence-corrected chi connectivity index (χ3v) is 14.2. The Hall–Kier alpha value is -0.0800. The molecule has 0 atom stereocenters. The van der Waals surface area contributed by atoms with Gasteiger partial charge in [-0.3, -0.25) is 0 Å². The number of hydrogen-bond acceptors (Lipinski definition) is 1. The summed E-state index contributed by atoms with van der Waals surface area (Å²) in [6.45, 7) is 7.06. The Kier molecular flexibility index (Phi) is 19.5. The maximum absolute atomic E-state index is 10.3. The molecule has 0 bridgehead atoms. The van der Waals surface area contributed by atoms with E-state index < -0.39 is 6.60 Å². The summed E-state index contributed by atoms with van der Waals surface area (Å²) in [5.74, 6) is 3.01. The quantitative estimate of drug-likeness (QED) is 0.115. The van der Waals surface area contributed by atoms with Gasteiger partial charge in [0.15, 0.2) is 0 Å². The second-order valence-corrected chi connectivity index (χ2v) is 16.2. The molecule has 30 heavy (non-hydrogen) atoms. The fourth-order valence-corrected chi connectivity index (χ4v) is 12.0. The standard InChI is InChI=1S/C28H58NP/c1-5-9-10-11-12-13-14-15-16-17-18-19-20-21-22-23-27-30(28-29,24-6-2,25-7-3)26-8-4/h5-27H2,1-4H3. The molecule has 0 N–H and O–H groups in total. The van der Waals surface area contributed by atoms with E-state index in [0.717, 1.165) is 0 Å². The van der Waals surface area contributed by atoms with Gasteiger partial charge in [-0.15, -0.1) is 0 Å². The molecule has 0 heterocycles.